The highest BCUT2D eigenvalue weighted by molar-refractivity contribution is 7.10. The molecule has 2 rings (SSSR count). The van der Waals surface area contributed by atoms with Crippen molar-refractivity contribution in [3.8, 4) is 0 Å². The second-order valence-corrected chi connectivity index (χ2v) is 6.20. The number of hydrogen-bond donors (Lipinski definition) is 3. The molecule has 0 atom stereocenters. The molecule has 110 valence electrons. The maximum absolute atomic E-state index is 11.7. The van der Waals surface area contributed by atoms with Gasteiger partial charge in [-0.3, -0.25) is 4.79 Å². The van der Waals surface area contributed by atoms with E-state index in [4.69, 9.17) is 0 Å². The quantitative estimate of drug-likeness (QED) is 0.754. The van der Waals surface area contributed by atoms with Crippen LogP contribution in [-0.4, -0.2) is 23.7 Å². The highest BCUT2D eigenvalue weighted by Crippen LogP contribution is 2.40. The van der Waals surface area contributed by atoms with Crippen LogP contribution in [-0.2, 0) is 17.8 Å². The number of rotatable bonds is 6. The van der Waals surface area contributed by atoms with Gasteiger partial charge in [0.15, 0.2) is 0 Å². The normalized spacial score (nSPS) is 16.2. The Hall–Kier alpha value is -1.56. The molecule has 5 nitrogen and oxygen atoms in total. The van der Waals surface area contributed by atoms with Crippen LogP contribution in [0.1, 0.15) is 36.6 Å². The lowest BCUT2D eigenvalue weighted by Gasteiger charge is -2.37. The van der Waals surface area contributed by atoms with Gasteiger partial charge in [-0.2, -0.15) is 0 Å². The number of carbonyl (C=O) groups is 2. The van der Waals surface area contributed by atoms with Crippen LogP contribution in [0, 0.1) is 5.41 Å². The Balaban J connectivity index is 1.77. The summed E-state index contributed by atoms with van der Waals surface area (Å²) in [6, 6.07) is 1.76. The topological polar surface area (TPSA) is 78.4 Å². The van der Waals surface area contributed by atoms with Crippen LogP contribution in [0.5, 0.6) is 0 Å². The largest absolute Gasteiger partial charge is 0.481 e. The van der Waals surface area contributed by atoms with E-state index in [2.05, 4.69) is 23.6 Å². The van der Waals surface area contributed by atoms with Crippen molar-refractivity contribution in [2.45, 2.75) is 39.2 Å². The molecule has 0 saturated heterocycles. The molecule has 1 aliphatic rings. The molecular formula is C14H20N2O3S. The van der Waals surface area contributed by atoms with Crippen molar-refractivity contribution >= 4 is 23.3 Å². The number of aliphatic carboxylic acids is 1. The maximum atomic E-state index is 11.7. The molecule has 1 saturated carbocycles. The fourth-order valence-electron chi connectivity index (χ4n) is 2.38. The van der Waals surface area contributed by atoms with Crippen molar-refractivity contribution in [2.24, 2.45) is 5.41 Å². The summed E-state index contributed by atoms with van der Waals surface area (Å²) in [6.07, 6.45) is 3.16. The first-order valence-electron chi connectivity index (χ1n) is 6.88. The van der Waals surface area contributed by atoms with Crippen molar-refractivity contribution < 1.29 is 14.7 Å². The summed E-state index contributed by atoms with van der Waals surface area (Å²) in [5.74, 6) is -0.810. The van der Waals surface area contributed by atoms with Gasteiger partial charge in [0.05, 0.1) is 12.0 Å². The Morgan fingerprint density at radius 1 is 1.40 bits per heavy atom. The van der Waals surface area contributed by atoms with Crippen LogP contribution in [0.3, 0.4) is 0 Å². The first kappa shape index (κ1) is 14.8. The predicted molar refractivity (Wildman–Crippen MR) is 77.9 cm³/mol. The predicted octanol–water partition coefficient (Wildman–Crippen LogP) is 2.36. The van der Waals surface area contributed by atoms with Crippen molar-refractivity contribution in [1.82, 2.24) is 10.6 Å². The fraction of sp³-hybridized carbons (Fsp3) is 0.571. The van der Waals surface area contributed by atoms with Gasteiger partial charge < -0.3 is 15.7 Å². The molecule has 0 bridgehead atoms. The minimum atomic E-state index is -0.810. The molecule has 1 heterocycles. The summed E-state index contributed by atoms with van der Waals surface area (Å²) in [5, 5.41) is 16.7. The third kappa shape index (κ3) is 3.12. The van der Waals surface area contributed by atoms with Crippen LogP contribution < -0.4 is 10.6 Å². The van der Waals surface area contributed by atoms with Gasteiger partial charge in [0.2, 0.25) is 0 Å². The number of hydrogen-bond acceptors (Lipinski definition) is 3. The van der Waals surface area contributed by atoms with Crippen molar-refractivity contribution in [3.05, 3.63) is 21.9 Å². The molecule has 1 aromatic heterocycles. The summed E-state index contributed by atoms with van der Waals surface area (Å²) in [7, 11) is 0. The average molecular weight is 296 g/mol. The number of urea groups is 1. The number of carboxylic acids is 1. The summed E-state index contributed by atoms with van der Waals surface area (Å²) in [4.78, 5) is 24.1. The lowest BCUT2D eigenvalue weighted by Crippen LogP contribution is -2.49. The average Bonchev–Trinajstić information content (AvgIpc) is 2.81. The number of carbonyl (C=O) groups excluding carboxylic acids is 1. The smallest absolute Gasteiger partial charge is 0.315 e. The van der Waals surface area contributed by atoms with Gasteiger partial charge in [-0.05, 0) is 36.3 Å². The molecule has 20 heavy (non-hydrogen) atoms. The minimum absolute atomic E-state index is 0.208. The number of aryl methyl sites for hydroxylation is 1. The van der Waals surface area contributed by atoms with E-state index in [0.717, 1.165) is 17.7 Å². The molecule has 0 aliphatic heterocycles. The molecule has 1 aliphatic carbocycles. The van der Waals surface area contributed by atoms with E-state index in [9.17, 15) is 14.7 Å². The van der Waals surface area contributed by atoms with Gasteiger partial charge in [0, 0.05) is 11.4 Å². The van der Waals surface area contributed by atoms with Crippen LogP contribution >= 0.6 is 11.3 Å². The molecule has 3 N–H and O–H groups in total. The number of amides is 2. The SMILES string of the molecule is CCc1ccsc1CNC(=O)NCC1(C(=O)O)CCC1. The second kappa shape index (κ2) is 6.26. The molecule has 0 radical (unpaired) electrons. The Labute approximate surface area is 122 Å². The minimum Gasteiger partial charge on any atom is -0.481 e. The van der Waals surface area contributed by atoms with Crippen molar-refractivity contribution in [1.29, 1.82) is 0 Å². The Bertz CT molecular complexity index is 494. The van der Waals surface area contributed by atoms with Gasteiger partial charge in [-0.25, -0.2) is 4.79 Å². The van der Waals surface area contributed by atoms with Crippen LogP contribution in [0.2, 0.25) is 0 Å². The van der Waals surface area contributed by atoms with E-state index in [1.165, 1.54) is 5.56 Å². The van der Waals surface area contributed by atoms with E-state index in [1.807, 2.05) is 5.38 Å². The Kier molecular flexibility index (Phi) is 4.65. The zero-order valence-corrected chi connectivity index (χ0v) is 12.4. The third-order valence-corrected chi connectivity index (χ3v) is 4.94. The summed E-state index contributed by atoms with van der Waals surface area (Å²) < 4.78 is 0. The van der Waals surface area contributed by atoms with E-state index in [-0.39, 0.29) is 12.6 Å². The molecule has 1 aromatic rings. The van der Waals surface area contributed by atoms with Gasteiger partial charge in [0.1, 0.15) is 0 Å². The molecule has 1 fully saturated rings. The third-order valence-electron chi connectivity index (χ3n) is 3.98. The first-order valence-corrected chi connectivity index (χ1v) is 7.76. The maximum Gasteiger partial charge on any atom is 0.315 e. The lowest BCUT2D eigenvalue weighted by molar-refractivity contribution is -0.153. The van der Waals surface area contributed by atoms with Crippen molar-refractivity contribution in [3.63, 3.8) is 0 Å². The zero-order chi connectivity index (χ0) is 14.6. The first-order chi connectivity index (χ1) is 9.57. The number of thiophene rings is 1. The van der Waals surface area contributed by atoms with Gasteiger partial charge in [-0.1, -0.05) is 13.3 Å². The molecule has 0 aromatic carbocycles. The lowest BCUT2D eigenvalue weighted by atomic mass is 9.69. The monoisotopic (exact) mass is 296 g/mol. The molecule has 0 unspecified atom stereocenters. The number of carboxylic acid groups (broad SMARTS) is 1. The van der Waals surface area contributed by atoms with Crippen LogP contribution in [0.25, 0.3) is 0 Å². The van der Waals surface area contributed by atoms with Crippen LogP contribution in [0.15, 0.2) is 11.4 Å². The number of nitrogens with one attached hydrogen (secondary N) is 2. The van der Waals surface area contributed by atoms with Gasteiger partial charge in [-0.15, -0.1) is 11.3 Å². The molecule has 2 amide bonds. The van der Waals surface area contributed by atoms with E-state index < -0.39 is 11.4 Å². The highest BCUT2D eigenvalue weighted by atomic mass is 32.1. The van der Waals surface area contributed by atoms with Gasteiger partial charge in [0.25, 0.3) is 0 Å². The molecule has 6 heteroatoms. The fourth-order valence-corrected chi connectivity index (χ4v) is 3.30. The van der Waals surface area contributed by atoms with Crippen molar-refractivity contribution in [2.75, 3.05) is 6.54 Å². The molecule has 0 spiro atoms. The van der Waals surface area contributed by atoms with Gasteiger partial charge >= 0.3 is 12.0 Å². The highest BCUT2D eigenvalue weighted by Gasteiger charge is 2.44. The second-order valence-electron chi connectivity index (χ2n) is 5.20. The standard InChI is InChI=1S/C14H20N2O3S/c1-2-10-4-7-20-11(10)8-15-13(19)16-9-14(12(17)18)5-3-6-14/h4,7H,2-3,5-6,8-9H2,1H3,(H,17,18)(H2,15,16,19). The molecular weight excluding hydrogens is 276 g/mol. The van der Waals surface area contributed by atoms with E-state index in [0.29, 0.717) is 19.4 Å². The van der Waals surface area contributed by atoms with Crippen LogP contribution in [0.4, 0.5) is 4.79 Å². The Morgan fingerprint density at radius 3 is 2.70 bits per heavy atom. The Morgan fingerprint density at radius 2 is 2.15 bits per heavy atom. The summed E-state index contributed by atoms with van der Waals surface area (Å²) in [6.45, 7) is 2.78. The summed E-state index contributed by atoms with van der Waals surface area (Å²) >= 11 is 1.62. The summed E-state index contributed by atoms with van der Waals surface area (Å²) in [5.41, 5.74) is 0.505. The zero-order valence-electron chi connectivity index (χ0n) is 11.6. The van der Waals surface area contributed by atoms with E-state index >= 15 is 0 Å². The van der Waals surface area contributed by atoms with E-state index in [1.54, 1.807) is 11.3 Å².